The summed E-state index contributed by atoms with van der Waals surface area (Å²) >= 11 is 12.0. The first-order valence-electron chi connectivity index (χ1n) is 8.56. The van der Waals surface area contributed by atoms with E-state index in [4.69, 9.17) is 27.9 Å². The summed E-state index contributed by atoms with van der Waals surface area (Å²) < 4.78 is 5.40. The van der Waals surface area contributed by atoms with Crippen molar-refractivity contribution in [2.45, 2.75) is 32.8 Å². The molecule has 0 bridgehead atoms. The first-order valence-corrected chi connectivity index (χ1v) is 9.31. The van der Waals surface area contributed by atoms with Gasteiger partial charge in [0.15, 0.2) is 0 Å². The minimum Gasteiger partial charge on any atom is -0.444 e. The Morgan fingerprint density at radius 3 is 2.38 bits per heavy atom. The lowest BCUT2D eigenvalue weighted by Crippen LogP contribution is -2.39. The molecule has 142 valence electrons. The highest BCUT2D eigenvalue weighted by Gasteiger charge is 2.25. The van der Waals surface area contributed by atoms with Gasteiger partial charge in [-0.1, -0.05) is 29.3 Å². The van der Waals surface area contributed by atoms with Gasteiger partial charge in [0.2, 0.25) is 5.91 Å². The fraction of sp³-hybridized carbons (Fsp3) is 0.474. The quantitative estimate of drug-likeness (QED) is 0.690. The zero-order valence-electron chi connectivity index (χ0n) is 15.3. The molecule has 2 amide bonds. The third kappa shape index (κ3) is 6.22. The Bertz CT molecular complexity index is 699. The van der Waals surface area contributed by atoms with E-state index in [1.807, 2.05) is 20.8 Å². The second-order valence-corrected chi connectivity index (χ2v) is 7.99. The van der Waals surface area contributed by atoms with Crippen LogP contribution in [0.15, 0.2) is 24.3 Å². The van der Waals surface area contributed by atoms with Gasteiger partial charge in [0.25, 0.3) is 0 Å². The van der Waals surface area contributed by atoms with E-state index in [0.717, 1.165) is 5.56 Å². The van der Waals surface area contributed by atoms with Crippen molar-refractivity contribution in [3.05, 3.63) is 39.9 Å². The molecule has 1 aromatic carbocycles. The Labute approximate surface area is 164 Å². The molecule has 1 saturated heterocycles. The van der Waals surface area contributed by atoms with Crippen LogP contribution in [0.1, 0.15) is 32.8 Å². The minimum absolute atomic E-state index is 0.109. The predicted octanol–water partition coefficient (Wildman–Crippen LogP) is 4.48. The van der Waals surface area contributed by atoms with Crippen molar-refractivity contribution < 1.29 is 14.3 Å². The number of carbonyl (C=O) groups is 2. The van der Waals surface area contributed by atoms with E-state index in [9.17, 15) is 9.59 Å². The Hall–Kier alpha value is -1.72. The van der Waals surface area contributed by atoms with Crippen molar-refractivity contribution in [1.29, 1.82) is 0 Å². The van der Waals surface area contributed by atoms with Crippen LogP contribution in [0, 0.1) is 0 Å². The molecular weight excluding hydrogens is 375 g/mol. The monoisotopic (exact) mass is 398 g/mol. The lowest BCUT2D eigenvalue weighted by Gasteiger charge is -2.26. The van der Waals surface area contributed by atoms with E-state index in [-0.39, 0.29) is 12.0 Å². The van der Waals surface area contributed by atoms with Crippen LogP contribution in [-0.2, 0) is 9.53 Å². The lowest BCUT2D eigenvalue weighted by atomic mass is 10.2. The fourth-order valence-corrected chi connectivity index (χ4v) is 3.02. The topological polar surface area (TPSA) is 49.9 Å². The highest BCUT2D eigenvalue weighted by Crippen LogP contribution is 2.22. The first-order chi connectivity index (χ1) is 12.2. The number of hydrogen-bond acceptors (Lipinski definition) is 3. The molecule has 7 heteroatoms. The van der Waals surface area contributed by atoms with E-state index < -0.39 is 5.60 Å². The van der Waals surface area contributed by atoms with Gasteiger partial charge in [-0.15, -0.1) is 0 Å². The maximum atomic E-state index is 12.4. The number of hydrogen-bond donors (Lipinski definition) is 0. The van der Waals surface area contributed by atoms with Gasteiger partial charge in [0.05, 0.1) is 0 Å². The van der Waals surface area contributed by atoms with Crippen LogP contribution in [0.3, 0.4) is 0 Å². The van der Waals surface area contributed by atoms with Gasteiger partial charge in [-0.25, -0.2) is 4.79 Å². The van der Waals surface area contributed by atoms with Gasteiger partial charge >= 0.3 is 6.09 Å². The van der Waals surface area contributed by atoms with Crippen LogP contribution in [0.25, 0.3) is 6.08 Å². The molecule has 0 saturated carbocycles. The summed E-state index contributed by atoms with van der Waals surface area (Å²) in [5.41, 5.74) is 0.203. The molecule has 0 unspecified atom stereocenters. The van der Waals surface area contributed by atoms with E-state index in [0.29, 0.717) is 42.6 Å². The number of ether oxygens (including phenoxy) is 1. The molecule has 0 N–H and O–H groups in total. The molecule has 26 heavy (non-hydrogen) atoms. The maximum absolute atomic E-state index is 12.4. The van der Waals surface area contributed by atoms with E-state index in [2.05, 4.69) is 0 Å². The van der Waals surface area contributed by atoms with Gasteiger partial charge in [-0.2, -0.15) is 0 Å². The van der Waals surface area contributed by atoms with Crippen LogP contribution >= 0.6 is 23.2 Å². The average Bonchev–Trinajstić information content (AvgIpc) is 2.78. The van der Waals surface area contributed by atoms with Gasteiger partial charge in [-0.05, 0) is 51.0 Å². The molecule has 0 radical (unpaired) electrons. The zero-order chi connectivity index (χ0) is 19.3. The van der Waals surface area contributed by atoms with Crippen molar-refractivity contribution in [1.82, 2.24) is 9.80 Å². The molecule has 1 aromatic rings. The van der Waals surface area contributed by atoms with E-state index >= 15 is 0 Å². The normalized spacial score (nSPS) is 15.9. The Kier molecular flexibility index (Phi) is 6.95. The van der Waals surface area contributed by atoms with Gasteiger partial charge in [-0.3, -0.25) is 4.79 Å². The zero-order valence-corrected chi connectivity index (χ0v) is 16.8. The molecular formula is C19H24Cl2N2O3. The summed E-state index contributed by atoms with van der Waals surface area (Å²) in [7, 11) is 0. The Balaban J connectivity index is 1.94. The third-order valence-corrected chi connectivity index (χ3v) is 4.39. The Morgan fingerprint density at radius 2 is 1.73 bits per heavy atom. The fourth-order valence-electron chi connectivity index (χ4n) is 2.55. The van der Waals surface area contributed by atoms with Crippen molar-refractivity contribution >= 4 is 41.3 Å². The predicted molar refractivity (Wildman–Crippen MR) is 105 cm³/mol. The SMILES string of the molecule is CC(C)(C)OC(=O)N1CCCN(C(=O)/C=C/c2ccc(Cl)cc2Cl)CC1. The van der Waals surface area contributed by atoms with Crippen molar-refractivity contribution in [2.75, 3.05) is 26.2 Å². The third-order valence-electron chi connectivity index (χ3n) is 3.83. The summed E-state index contributed by atoms with van der Waals surface area (Å²) in [4.78, 5) is 28.0. The van der Waals surface area contributed by atoms with Crippen molar-refractivity contribution in [3.8, 4) is 0 Å². The Morgan fingerprint density at radius 1 is 1.08 bits per heavy atom. The highest BCUT2D eigenvalue weighted by atomic mass is 35.5. The summed E-state index contributed by atoms with van der Waals surface area (Å²) in [6.45, 7) is 7.61. The smallest absolute Gasteiger partial charge is 0.410 e. The number of amides is 2. The van der Waals surface area contributed by atoms with Crippen LogP contribution in [0.4, 0.5) is 4.79 Å². The summed E-state index contributed by atoms with van der Waals surface area (Å²) in [5, 5.41) is 1.04. The minimum atomic E-state index is -0.528. The van der Waals surface area contributed by atoms with Crippen LogP contribution in [-0.4, -0.2) is 53.6 Å². The molecule has 2 rings (SSSR count). The van der Waals surface area contributed by atoms with Crippen LogP contribution < -0.4 is 0 Å². The maximum Gasteiger partial charge on any atom is 0.410 e. The molecule has 0 aromatic heterocycles. The van der Waals surface area contributed by atoms with Crippen molar-refractivity contribution in [2.24, 2.45) is 0 Å². The number of rotatable bonds is 2. The summed E-state index contributed by atoms with van der Waals surface area (Å²) in [5.74, 6) is -0.109. The molecule has 1 fully saturated rings. The van der Waals surface area contributed by atoms with Crippen LogP contribution in [0.2, 0.25) is 10.0 Å². The molecule has 1 aliphatic rings. The standard InChI is InChI=1S/C19H24Cl2N2O3/c1-19(2,3)26-18(25)23-10-4-9-22(11-12-23)17(24)8-6-14-5-7-15(20)13-16(14)21/h5-8,13H,4,9-12H2,1-3H3/b8-6+. The molecule has 5 nitrogen and oxygen atoms in total. The molecule has 1 aliphatic heterocycles. The number of halogens is 2. The molecule has 0 atom stereocenters. The second kappa shape index (κ2) is 8.78. The van der Waals surface area contributed by atoms with Gasteiger partial charge in [0, 0.05) is 42.3 Å². The molecule has 0 aliphatic carbocycles. The van der Waals surface area contributed by atoms with Gasteiger partial charge < -0.3 is 14.5 Å². The summed E-state index contributed by atoms with van der Waals surface area (Å²) in [6, 6.07) is 5.13. The second-order valence-electron chi connectivity index (χ2n) is 7.15. The van der Waals surface area contributed by atoms with Gasteiger partial charge in [0.1, 0.15) is 5.60 Å². The van der Waals surface area contributed by atoms with Crippen LogP contribution in [0.5, 0.6) is 0 Å². The molecule has 0 spiro atoms. The average molecular weight is 399 g/mol. The molecule has 1 heterocycles. The van der Waals surface area contributed by atoms with Crippen molar-refractivity contribution in [3.63, 3.8) is 0 Å². The number of carbonyl (C=O) groups excluding carboxylic acids is 2. The number of benzene rings is 1. The summed E-state index contributed by atoms with van der Waals surface area (Å²) in [6.07, 6.45) is 3.55. The van der Waals surface area contributed by atoms with E-state index in [1.54, 1.807) is 34.1 Å². The lowest BCUT2D eigenvalue weighted by molar-refractivity contribution is -0.125. The number of nitrogens with zero attached hydrogens (tertiary/aromatic N) is 2. The highest BCUT2D eigenvalue weighted by molar-refractivity contribution is 6.35. The largest absolute Gasteiger partial charge is 0.444 e. The van der Waals surface area contributed by atoms with E-state index in [1.165, 1.54) is 6.08 Å². The first kappa shape index (κ1) is 20.6.